The van der Waals surface area contributed by atoms with Gasteiger partial charge in [0.15, 0.2) is 5.82 Å². The minimum atomic E-state index is 0.541. The van der Waals surface area contributed by atoms with E-state index in [0.29, 0.717) is 18.8 Å². The molecule has 0 amide bonds. The molecule has 1 heterocycles. The van der Waals surface area contributed by atoms with Crippen molar-refractivity contribution in [3.8, 4) is 5.69 Å². The summed E-state index contributed by atoms with van der Waals surface area (Å²) in [5.74, 6) is 0.680. The summed E-state index contributed by atoms with van der Waals surface area (Å²) in [6.07, 6.45) is 0.659. The highest BCUT2D eigenvalue weighted by atomic mass is 15.6. The van der Waals surface area contributed by atoms with Crippen LogP contribution in [0, 0.1) is 6.92 Å². The van der Waals surface area contributed by atoms with Crippen LogP contribution < -0.4 is 5.73 Å². The molecule has 0 bridgehead atoms. The number of nitrogens with two attached hydrogens (primary N) is 1. The van der Waals surface area contributed by atoms with E-state index in [9.17, 15) is 0 Å². The summed E-state index contributed by atoms with van der Waals surface area (Å²) in [6.45, 7) is 2.57. The Hall–Kier alpha value is -1.75. The van der Waals surface area contributed by atoms with Gasteiger partial charge in [0.05, 0.1) is 5.69 Å². The molecule has 0 atom stereocenters. The minimum absolute atomic E-state index is 0.541. The highest BCUT2D eigenvalue weighted by Gasteiger charge is 2.03. The third kappa shape index (κ3) is 2.19. The minimum Gasteiger partial charge on any atom is -0.330 e. The van der Waals surface area contributed by atoms with Gasteiger partial charge in [-0.05, 0) is 36.4 Å². The van der Waals surface area contributed by atoms with Crippen molar-refractivity contribution in [3.63, 3.8) is 0 Å². The van der Waals surface area contributed by atoms with E-state index in [1.54, 1.807) is 0 Å². The van der Waals surface area contributed by atoms with Crippen LogP contribution in [0.5, 0.6) is 0 Å². The average molecular weight is 203 g/mol. The van der Waals surface area contributed by atoms with Crippen LogP contribution in [0.3, 0.4) is 0 Å². The Bertz CT molecular complexity index is 449. The van der Waals surface area contributed by atoms with Crippen molar-refractivity contribution >= 4 is 0 Å². The number of nitrogens with zero attached hydrogens (tertiary/aromatic N) is 4. The van der Waals surface area contributed by atoms with Gasteiger partial charge >= 0.3 is 0 Å². The van der Waals surface area contributed by atoms with Gasteiger partial charge in [0.2, 0.25) is 0 Å². The van der Waals surface area contributed by atoms with Crippen molar-refractivity contribution in [3.05, 3.63) is 35.7 Å². The third-order valence-corrected chi connectivity index (χ3v) is 2.06. The number of tetrazole rings is 1. The molecule has 5 heteroatoms. The fraction of sp³-hybridized carbons (Fsp3) is 0.300. The van der Waals surface area contributed by atoms with E-state index in [2.05, 4.69) is 15.4 Å². The molecule has 0 aliphatic carbocycles. The molecule has 0 saturated carbocycles. The summed E-state index contributed by atoms with van der Waals surface area (Å²) in [5, 5.41) is 12.1. The van der Waals surface area contributed by atoms with Gasteiger partial charge in [-0.25, -0.2) is 0 Å². The third-order valence-electron chi connectivity index (χ3n) is 2.06. The van der Waals surface area contributed by atoms with E-state index >= 15 is 0 Å². The van der Waals surface area contributed by atoms with Crippen molar-refractivity contribution in [2.75, 3.05) is 6.54 Å². The molecule has 5 nitrogen and oxygen atoms in total. The maximum Gasteiger partial charge on any atom is 0.176 e. The first-order valence-corrected chi connectivity index (χ1v) is 4.85. The highest BCUT2D eigenvalue weighted by molar-refractivity contribution is 5.32. The van der Waals surface area contributed by atoms with Gasteiger partial charge in [0, 0.05) is 6.42 Å². The van der Waals surface area contributed by atoms with Gasteiger partial charge in [-0.2, -0.15) is 0 Å². The molecule has 1 aromatic heterocycles. The van der Waals surface area contributed by atoms with Gasteiger partial charge in [0.1, 0.15) is 0 Å². The van der Waals surface area contributed by atoms with Gasteiger partial charge < -0.3 is 5.73 Å². The van der Waals surface area contributed by atoms with Crippen molar-refractivity contribution in [1.82, 2.24) is 20.2 Å². The van der Waals surface area contributed by atoms with E-state index in [-0.39, 0.29) is 0 Å². The van der Waals surface area contributed by atoms with Crippen LogP contribution in [0.1, 0.15) is 11.4 Å². The zero-order valence-corrected chi connectivity index (χ0v) is 8.59. The Morgan fingerprint density at radius 1 is 1.40 bits per heavy atom. The molecule has 0 aliphatic rings. The molecule has 15 heavy (non-hydrogen) atoms. The fourth-order valence-corrected chi connectivity index (χ4v) is 1.33. The number of rotatable bonds is 3. The first-order valence-electron chi connectivity index (χ1n) is 4.85. The van der Waals surface area contributed by atoms with Crippen LogP contribution in [0.2, 0.25) is 0 Å². The number of aryl methyl sites for hydroxylation is 1. The Balaban J connectivity index is 2.29. The standard InChI is InChI=1S/C10H13N5/c1-8-3-2-4-9(7-8)15-13-10(5-6-11)12-14-15/h2-4,7H,5-6,11H2,1H3. The van der Waals surface area contributed by atoms with E-state index in [1.807, 2.05) is 31.2 Å². The second-order valence-corrected chi connectivity index (χ2v) is 3.37. The maximum absolute atomic E-state index is 5.42. The van der Waals surface area contributed by atoms with Crippen molar-refractivity contribution in [2.45, 2.75) is 13.3 Å². The molecule has 2 N–H and O–H groups in total. The van der Waals surface area contributed by atoms with Crippen LogP contribution in [-0.4, -0.2) is 26.8 Å². The monoisotopic (exact) mass is 203 g/mol. The smallest absolute Gasteiger partial charge is 0.176 e. The summed E-state index contributed by atoms with van der Waals surface area (Å²) in [7, 11) is 0. The number of hydrogen-bond donors (Lipinski definition) is 1. The average Bonchev–Trinajstić information content (AvgIpc) is 2.67. The molecule has 0 unspecified atom stereocenters. The number of aromatic nitrogens is 4. The molecule has 0 spiro atoms. The summed E-state index contributed by atoms with van der Waals surface area (Å²) in [5.41, 5.74) is 7.51. The Morgan fingerprint density at radius 2 is 2.27 bits per heavy atom. The van der Waals surface area contributed by atoms with Crippen LogP contribution >= 0.6 is 0 Å². The van der Waals surface area contributed by atoms with E-state index in [0.717, 1.165) is 5.69 Å². The van der Waals surface area contributed by atoms with Gasteiger partial charge in [-0.15, -0.1) is 15.0 Å². The van der Waals surface area contributed by atoms with Crippen molar-refractivity contribution in [2.24, 2.45) is 5.73 Å². The van der Waals surface area contributed by atoms with Crippen molar-refractivity contribution < 1.29 is 0 Å². The summed E-state index contributed by atoms with van der Waals surface area (Å²) in [4.78, 5) is 1.53. The first kappa shape index (κ1) is 9.79. The largest absolute Gasteiger partial charge is 0.330 e. The summed E-state index contributed by atoms with van der Waals surface area (Å²) >= 11 is 0. The van der Waals surface area contributed by atoms with E-state index < -0.39 is 0 Å². The molecule has 0 fully saturated rings. The highest BCUT2D eigenvalue weighted by Crippen LogP contribution is 2.06. The van der Waals surface area contributed by atoms with Gasteiger partial charge in [-0.3, -0.25) is 0 Å². The van der Waals surface area contributed by atoms with E-state index in [4.69, 9.17) is 5.73 Å². The SMILES string of the molecule is Cc1cccc(-n2nnc(CCN)n2)c1. The predicted molar refractivity (Wildman–Crippen MR) is 56.6 cm³/mol. The molecule has 0 aliphatic heterocycles. The normalized spacial score (nSPS) is 10.5. The molecule has 2 rings (SSSR count). The molecule has 78 valence electrons. The number of hydrogen-bond acceptors (Lipinski definition) is 4. The van der Waals surface area contributed by atoms with Gasteiger partial charge in [-0.1, -0.05) is 12.1 Å². The van der Waals surface area contributed by atoms with E-state index in [1.165, 1.54) is 10.4 Å². The predicted octanol–water partition coefficient (Wildman–Crippen LogP) is 0.472. The lowest BCUT2D eigenvalue weighted by atomic mass is 10.2. The van der Waals surface area contributed by atoms with Crippen LogP contribution in [0.25, 0.3) is 5.69 Å². The molecule has 1 aromatic carbocycles. The summed E-state index contributed by atoms with van der Waals surface area (Å²) < 4.78 is 0. The Morgan fingerprint density at radius 3 is 3.00 bits per heavy atom. The second kappa shape index (κ2) is 4.18. The Kier molecular flexibility index (Phi) is 2.73. The van der Waals surface area contributed by atoms with Gasteiger partial charge in [0.25, 0.3) is 0 Å². The lowest BCUT2D eigenvalue weighted by Crippen LogP contribution is -2.05. The topological polar surface area (TPSA) is 69.6 Å². The fourth-order valence-electron chi connectivity index (χ4n) is 1.33. The summed E-state index contributed by atoms with van der Waals surface area (Å²) in [6, 6.07) is 7.95. The molecule has 0 saturated heterocycles. The Labute approximate surface area is 87.9 Å². The zero-order valence-electron chi connectivity index (χ0n) is 8.59. The molecule has 0 radical (unpaired) electrons. The lowest BCUT2D eigenvalue weighted by Gasteiger charge is -1.98. The first-order chi connectivity index (χ1) is 7.29. The molecule has 2 aromatic rings. The quantitative estimate of drug-likeness (QED) is 0.787. The zero-order chi connectivity index (χ0) is 10.7. The maximum atomic E-state index is 5.42. The lowest BCUT2D eigenvalue weighted by molar-refractivity contribution is 0.716. The second-order valence-electron chi connectivity index (χ2n) is 3.37. The van der Waals surface area contributed by atoms with Crippen LogP contribution in [0.4, 0.5) is 0 Å². The van der Waals surface area contributed by atoms with Crippen molar-refractivity contribution in [1.29, 1.82) is 0 Å². The number of benzene rings is 1. The van der Waals surface area contributed by atoms with Crippen LogP contribution in [-0.2, 0) is 6.42 Å². The van der Waals surface area contributed by atoms with Crippen LogP contribution in [0.15, 0.2) is 24.3 Å². The molecular formula is C10H13N5. The molecular weight excluding hydrogens is 190 g/mol.